The summed E-state index contributed by atoms with van der Waals surface area (Å²) in [7, 11) is -4.10. The number of ether oxygens (including phenoxy) is 1. The molecule has 110 valence electrons. The number of esters is 1. The number of aromatic hydroxyl groups is 1. The lowest BCUT2D eigenvalue weighted by Crippen LogP contribution is -2.24. The predicted molar refractivity (Wildman–Crippen MR) is 69.1 cm³/mol. The van der Waals surface area contributed by atoms with Gasteiger partial charge in [-0.2, -0.15) is 0 Å². The van der Waals surface area contributed by atoms with Crippen LogP contribution < -0.4 is 4.72 Å². The van der Waals surface area contributed by atoms with Crippen molar-refractivity contribution in [3.05, 3.63) is 23.8 Å². The zero-order valence-electron chi connectivity index (χ0n) is 10.5. The number of carbonyl (C=O) groups is 2. The summed E-state index contributed by atoms with van der Waals surface area (Å²) in [6, 6.07) is 3.09. The number of phenols is 1. The molecule has 0 atom stereocenters. The van der Waals surface area contributed by atoms with Gasteiger partial charge in [0, 0.05) is 0 Å². The maximum absolute atomic E-state index is 11.6. The first-order valence-corrected chi connectivity index (χ1v) is 7.13. The van der Waals surface area contributed by atoms with Crippen LogP contribution >= 0.6 is 0 Å². The number of sulfonamides is 1. The Balaban J connectivity index is 2.94. The summed E-state index contributed by atoms with van der Waals surface area (Å²) in [5.74, 6) is -3.62. The van der Waals surface area contributed by atoms with E-state index in [4.69, 9.17) is 5.11 Å². The molecule has 0 aliphatic heterocycles. The van der Waals surface area contributed by atoms with Gasteiger partial charge in [0.1, 0.15) is 5.75 Å². The van der Waals surface area contributed by atoms with Crippen molar-refractivity contribution in [2.45, 2.75) is 6.92 Å². The molecule has 9 heteroatoms. The number of nitrogens with one attached hydrogen (secondary N) is 1. The summed E-state index contributed by atoms with van der Waals surface area (Å²) in [6.07, 6.45) is 0. The highest BCUT2D eigenvalue weighted by Crippen LogP contribution is 2.25. The minimum Gasteiger partial charge on any atom is -0.506 e. The number of phenolic OH excluding ortho intramolecular Hbond substituents is 1. The molecule has 0 saturated heterocycles. The number of hydrogen-bond acceptors (Lipinski definition) is 6. The fourth-order valence-electron chi connectivity index (χ4n) is 1.31. The van der Waals surface area contributed by atoms with Gasteiger partial charge in [-0.1, -0.05) is 0 Å². The van der Waals surface area contributed by atoms with E-state index in [1.807, 2.05) is 4.72 Å². The molecule has 3 N–H and O–H groups in total. The standard InChI is InChI=1S/C11H13NO7S/c1-2-19-10(14)6-20(17,18)12-8-5-7(11(15)16)3-4-9(8)13/h3-5,12-13H,2,6H2,1H3,(H,15,16). The maximum atomic E-state index is 11.6. The van der Waals surface area contributed by atoms with E-state index in [0.717, 1.165) is 18.2 Å². The first-order valence-electron chi connectivity index (χ1n) is 5.47. The monoisotopic (exact) mass is 303 g/mol. The Morgan fingerprint density at radius 1 is 1.35 bits per heavy atom. The molecule has 0 amide bonds. The number of hydrogen-bond donors (Lipinski definition) is 3. The lowest BCUT2D eigenvalue weighted by molar-refractivity contribution is -0.139. The quantitative estimate of drug-likeness (QED) is 0.512. The van der Waals surface area contributed by atoms with E-state index in [2.05, 4.69) is 4.74 Å². The number of carboxylic acid groups (broad SMARTS) is 1. The molecule has 0 heterocycles. The summed E-state index contributed by atoms with van der Waals surface area (Å²) in [6.45, 7) is 1.56. The fraction of sp³-hybridized carbons (Fsp3) is 0.273. The van der Waals surface area contributed by atoms with Crippen LogP contribution in [-0.4, -0.2) is 42.9 Å². The second kappa shape index (κ2) is 6.24. The predicted octanol–water partition coefficient (Wildman–Crippen LogP) is 0.395. The van der Waals surface area contributed by atoms with Crippen molar-refractivity contribution in [2.24, 2.45) is 0 Å². The molecule has 1 rings (SSSR count). The van der Waals surface area contributed by atoms with Crippen LogP contribution in [0.4, 0.5) is 5.69 Å². The number of carboxylic acids is 1. The summed E-state index contributed by atoms with van der Waals surface area (Å²) in [5.41, 5.74) is -0.536. The topological polar surface area (TPSA) is 130 Å². The second-order valence-corrected chi connectivity index (χ2v) is 5.43. The van der Waals surface area contributed by atoms with Gasteiger partial charge in [0.2, 0.25) is 10.0 Å². The van der Waals surface area contributed by atoms with E-state index in [9.17, 15) is 23.1 Å². The third-order valence-corrected chi connectivity index (χ3v) is 3.27. The minimum absolute atomic E-state index is 0.0358. The Morgan fingerprint density at radius 2 is 2.00 bits per heavy atom. The van der Waals surface area contributed by atoms with E-state index in [1.54, 1.807) is 0 Å². The first kappa shape index (κ1) is 15.8. The molecular formula is C11H13NO7S. The van der Waals surface area contributed by atoms with Crippen molar-refractivity contribution in [3.8, 4) is 5.75 Å². The number of carbonyl (C=O) groups excluding carboxylic acids is 1. The van der Waals surface area contributed by atoms with Gasteiger partial charge in [0.15, 0.2) is 5.75 Å². The van der Waals surface area contributed by atoms with Crippen LogP contribution in [0.1, 0.15) is 17.3 Å². The molecule has 1 aromatic rings. The Bertz CT molecular complexity index is 624. The smallest absolute Gasteiger partial charge is 0.335 e. The SMILES string of the molecule is CCOC(=O)CS(=O)(=O)Nc1cc(C(=O)O)ccc1O. The molecule has 0 aromatic heterocycles. The van der Waals surface area contributed by atoms with E-state index in [0.29, 0.717) is 0 Å². The van der Waals surface area contributed by atoms with Crippen molar-refractivity contribution in [1.82, 2.24) is 0 Å². The van der Waals surface area contributed by atoms with E-state index >= 15 is 0 Å². The average molecular weight is 303 g/mol. The number of rotatable bonds is 6. The zero-order chi connectivity index (χ0) is 15.3. The van der Waals surface area contributed by atoms with Crippen LogP contribution in [0.15, 0.2) is 18.2 Å². The van der Waals surface area contributed by atoms with Crippen LogP contribution in [0.25, 0.3) is 0 Å². The highest BCUT2D eigenvalue weighted by Gasteiger charge is 2.19. The molecule has 1 aromatic carbocycles. The largest absolute Gasteiger partial charge is 0.506 e. The van der Waals surface area contributed by atoms with Crippen molar-refractivity contribution < 1.29 is 33.0 Å². The van der Waals surface area contributed by atoms with E-state index in [-0.39, 0.29) is 17.9 Å². The molecule has 0 aliphatic rings. The van der Waals surface area contributed by atoms with Crippen molar-refractivity contribution in [1.29, 1.82) is 0 Å². The lowest BCUT2D eigenvalue weighted by atomic mass is 10.2. The normalized spacial score (nSPS) is 10.8. The lowest BCUT2D eigenvalue weighted by Gasteiger charge is -2.09. The van der Waals surface area contributed by atoms with Crippen LogP contribution in [0.2, 0.25) is 0 Å². The van der Waals surface area contributed by atoms with Crippen LogP contribution in [0.5, 0.6) is 5.75 Å². The molecule has 20 heavy (non-hydrogen) atoms. The van der Waals surface area contributed by atoms with Crippen molar-refractivity contribution >= 4 is 27.6 Å². The molecule has 0 bridgehead atoms. The fourth-order valence-corrected chi connectivity index (χ4v) is 2.28. The first-order chi connectivity index (χ1) is 9.25. The van der Waals surface area contributed by atoms with Gasteiger partial charge in [-0.05, 0) is 25.1 Å². The Labute approximate surface area is 115 Å². The Hall–Kier alpha value is -2.29. The minimum atomic E-state index is -4.10. The van der Waals surface area contributed by atoms with E-state index < -0.39 is 33.5 Å². The highest BCUT2D eigenvalue weighted by atomic mass is 32.2. The van der Waals surface area contributed by atoms with Gasteiger partial charge in [0.05, 0.1) is 17.9 Å². The Morgan fingerprint density at radius 3 is 2.55 bits per heavy atom. The molecule has 0 fully saturated rings. The molecule has 0 spiro atoms. The maximum Gasteiger partial charge on any atom is 0.335 e. The molecular weight excluding hydrogens is 290 g/mol. The van der Waals surface area contributed by atoms with Gasteiger partial charge in [-0.3, -0.25) is 9.52 Å². The Kier molecular flexibility index (Phi) is 4.92. The number of aromatic carboxylic acids is 1. The van der Waals surface area contributed by atoms with Crippen molar-refractivity contribution in [3.63, 3.8) is 0 Å². The number of benzene rings is 1. The van der Waals surface area contributed by atoms with Gasteiger partial charge < -0.3 is 14.9 Å². The van der Waals surface area contributed by atoms with Gasteiger partial charge in [-0.25, -0.2) is 13.2 Å². The van der Waals surface area contributed by atoms with Gasteiger partial charge in [-0.15, -0.1) is 0 Å². The van der Waals surface area contributed by atoms with Crippen LogP contribution in [0.3, 0.4) is 0 Å². The molecule has 8 nitrogen and oxygen atoms in total. The van der Waals surface area contributed by atoms with Crippen molar-refractivity contribution in [2.75, 3.05) is 17.1 Å². The van der Waals surface area contributed by atoms with Crippen LogP contribution in [0, 0.1) is 0 Å². The molecule has 0 radical (unpaired) electrons. The highest BCUT2D eigenvalue weighted by molar-refractivity contribution is 7.93. The average Bonchev–Trinajstić information content (AvgIpc) is 2.30. The molecule has 0 aliphatic carbocycles. The second-order valence-electron chi connectivity index (χ2n) is 3.70. The third kappa shape index (κ3) is 4.43. The summed E-state index contributed by atoms with van der Waals surface area (Å²) >= 11 is 0. The van der Waals surface area contributed by atoms with Gasteiger partial charge >= 0.3 is 11.9 Å². The summed E-state index contributed by atoms with van der Waals surface area (Å²) in [5, 5.41) is 18.3. The number of anilines is 1. The third-order valence-electron chi connectivity index (χ3n) is 2.12. The zero-order valence-corrected chi connectivity index (χ0v) is 11.3. The summed E-state index contributed by atoms with van der Waals surface area (Å²) in [4.78, 5) is 21.9. The molecule has 0 saturated carbocycles. The van der Waals surface area contributed by atoms with E-state index in [1.165, 1.54) is 6.92 Å². The van der Waals surface area contributed by atoms with Crippen LogP contribution in [-0.2, 0) is 19.6 Å². The molecule has 0 unspecified atom stereocenters. The summed E-state index contributed by atoms with van der Waals surface area (Å²) < 4.78 is 29.7. The van der Waals surface area contributed by atoms with Gasteiger partial charge in [0.25, 0.3) is 0 Å².